The molecule has 0 spiro atoms. The summed E-state index contributed by atoms with van der Waals surface area (Å²) in [4.78, 5) is 15.6. The molecule has 6 heteroatoms. The van der Waals surface area contributed by atoms with Crippen molar-refractivity contribution in [1.82, 2.24) is 9.55 Å². The number of nitrogens with zero attached hydrogens (tertiary/aromatic N) is 2. The Morgan fingerprint density at radius 2 is 2.41 bits per heavy atom. The van der Waals surface area contributed by atoms with E-state index in [4.69, 9.17) is 10.5 Å². The van der Waals surface area contributed by atoms with Crippen LogP contribution in [0.3, 0.4) is 0 Å². The zero-order valence-electron chi connectivity index (χ0n) is 9.89. The summed E-state index contributed by atoms with van der Waals surface area (Å²) in [6.45, 7) is 4.24. The molecule has 2 N–H and O–H groups in total. The predicted molar refractivity (Wildman–Crippen MR) is 73.6 cm³/mol. The van der Waals surface area contributed by atoms with Crippen LogP contribution in [0.4, 0.5) is 5.82 Å². The second kappa shape index (κ2) is 4.93. The van der Waals surface area contributed by atoms with Crippen LogP contribution in [0.2, 0.25) is 0 Å². The lowest BCUT2D eigenvalue weighted by Gasteiger charge is -2.15. The fraction of sp³-hybridized carbons (Fsp3) is 0.636. The summed E-state index contributed by atoms with van der Waals surface area (Å²) in [7, 11) is 0. The summed E-state index contributed by atoms with van der Waals surface area (Å²) in [5, 5.41) is 0. The molecule has 0 aromatic carbocycles. The maximum absolute atomic E-state index is 11.8. The van der Waals surface area contributed by atoms with Gasteiger partial charge < -0.3 is 10.5 Å². The molecular weight excluding hydrogens is 333 g/mol. The number of rotatable bonds is 2. The summed E-state index contributed by atoms with van der Waals surface area (Å²) in [6.07, 6.45) is 3.55. The smallest absolute Gasteiger partial charge is 0.351 e. The Labute approximate surface area is 114 Å². The van der Waals surface area contributed by atoms with E-state index in [1.165, 1.54) is 0 Å². The van der Waals surface area contributed by atoms with E-state index >= 15 is 0 Å². The van der Waals surface area contributed by atoms with E-state index in [1.807, 2.05) is 0 Å². The quantitative estimate of drug-likeness (QED) is 0.827. The first kappa shape index (κ1) is 12.8. The second-order valence-electron chi connectivity index (χ2n) is 4.41. The molecule has 0 bridgehead atoms. The molecule has 1 aliphatic heterocycles. The van der Waals surface area contributed by atoms with Crippen LogP contribution in [0.1, 0.15) is 32.9 Å². The number of ether oxygens (including phenoxy) is 1. The lowest BCUT2D eigenvalue weighted by molar-refractivity contribution is -0.00758. The molecule has 1 aliphatic rings. The van der Waals surface area contributed by atoms with Crippen LogP contribution in [0.15, 0.2) is 11.0 Å². The number of nitrogens with two attached hydrogens (primary N) is 1. The molecule has 0 radical (unpaired) electrons. The van der Waals surface area contributed by atoms with Gasteiger partial charge in [-0.1, -0.05) is 13.8 Å². The fourth-order valence-electron chi connectivity index (χ4n) is 2.20. The first-order valence-electron chi connectivity index (χ1n) is 5.72. The standard InChI is InChI=1S/C11H16IN3O2/c1-3-8-6(2)4-9(17-8)15-5-7(12)10(13)14-11(15)16/h5-6,8-9H,3-4H2,1-2H3,(H2,13,14,16)/t6?,8-,9-/m1/s1. The average molecular weight is 349 g/mol. The number of halogens is 1. The van der Waals surface area contributed by atoms with Crippen molar-refractivity contribution >= 4 is 28.4 Å². The summed E-state index contributed by atoms with van der Waals surface area (Å²) in [5.41, 5.74) is 5.26. The van der Waals surface area contributed by atoms with Crippen LogP contribution in [-0.4, -0.2) is 15.7 Å². The van der Waals surface area contributed by atoms with E-state index in [2.05, 4.69) is 41.4 Å². The van der Waals surface area contributed by atoms with E-state index < -0.39 is 0 Å². The van der Waals surface area contributed by atoms with Crippen molar-refractivity contribution in [1.29, 1.82) is 0 Å². The highest BCUT2D eigenvalue weighted by Gasteiger charge is 2.32. The molecule has 1 saturated heterocycles. The molecule has 1 aromatic heterocycles. The third kappa shape index (κ3) is 2.47. The molecule has 0 saturated carbocycles. The molecule has 1 aromatic rings. The van der Waals surface area contributed by atoms with Crippen LogP contribution in [0, 0.1) is 9.49 Å². The Balaban J connectivity index is 2.30. The van der Waals surface area contributed by atoms with Gasteiger partial charge in [-0.25, -0.2) is 4.79 Å². The number of aromatic nitrogens is 2. The Morgan fingerprint density at radius 3 is 3.00 bits per heavy atom. The highest BCUT2D eigenvalue weighted by atomic mass is 127. The largest absolute Gasteiger partial charge is 0.383 e. The SMILES string of the molecule is CC[C@H]1O[C@@H](n2cc(I)c(N)nc2=O)CC1C. The highest BCUT2D eigenvalue weighted by Crippen LogP contribution is 2.33. The molecule has 3 atom stereocenters. The van der Waals surface area contributed by atoms with E-state index in [9.17, 15) is 4.79 Å². The summed E-state index contributed by atoms with van der Waals surface area (Å²) in [5.74, 6) is 0.747. The predicted octanol–water partition coefficient (Wildman–Crippen LogP) is 1.76. The van der Waals surface area contributed by atoms with Gasteiger partial charge in [-0.3, -0.25) is 4.57 Å². The maximum atomic E-state index is 11.8. The van der Waals surface area contributed by atoms with Crippen LogP contribution in [0.5, 0.6) is 0 Å². The van der Waals surface area contributed by atoms with Crippen LogP contribution < -0.4 is 11.4 Å². The van der Waals surface area contributed by atoms with Gasteiger partial charge in [-0.15, -0.1) is 0 Å². The minimum absolute atomic E-state index is 0.205. The molecule has 1 fully saturated rings. The van der Waals surface area contributed by atoms with Gasteiger partial charge in [-0.2, -0.15) is 4.98 Å². The van der Waals surface area contributed by atoms with Crippen LogP contribution >= 0.6 is 22.6 Å². The molecule has 2 heterocycles. The van der Waals surface area contributed by atoms with Crippen molar-refractivity contribution in [3.05, 3.63) is 20.3 Å². The number of anilines is 1. The van der Waals surface area contributed by atoms with Crippen molar-refractivity contribution in [2.75, 3.05) is 5.73 Å². The van der Waals surface area contributed by atoms with Crippen LogP contribution in [0.25, 0.3) is 0 Å². The van der Waals surface area contributed by atoms with Gasteiger partial charge >= 0.3 is 5.69 Å². The van der Waals surface area contributed by atoms with Gasteiger partial charge in [0.05, 0.1) is 9.67 Å². The van der Waals surface area contributed by atoms with Crippen molar-refractivity contribution in [3.63, 3.8) is 0 Å². The van der Waals surface area contributed by atoms with E-state index in [1.54, 1.807) is 10.8 Å². The molecule has 5 nitrogen and oxygen atoms in total. The normalized spacial score (nSPS) is 28.5. The molecule has 1 unspecified atom stereocenters. The first-order valence-corrected chi connectivity index (χ1v) is 6.80. The van der Waals surface area contributed by atoms with Gasteiger partial charge in [0, 0.05) is 6.20 Å². The van der Waals surface area contributed by atoms with Gasteiger partial charge in [-0.05, 0) is 41.4 Å². The van der Waals surface area contributed by atoms with Gasteiger partial charge in [0.15, 0.2) is 0 Å². The number of hydrogen-bond acceptors (Lipinski definition) is 4. The third-order valence-electron chi connectivity index (χ3n) is 3.19. The topological polar surface area (TPSA) is 70.1 Å². The Morgan fingerprint density at radius 1 is 1.71 bits per heavy atom. The zero-order chi connectivity index (χ0) is 12.6. The summed E-state index contributed by atoms with van der Waals surface area (Å²) >= 11 is 2.07. The van der Waals surface area contributed by atoms with Crippen molar-refractivity contribution in [2.45, 2.75) is 39.0 Å². The highest BCUT2D eigenvalue weighted by molar-refractivity contribution is 14.1. The summed E-state index contributed by atoms with van der Waals surface area (Å²) < 4.78 is 8.19. The van der Waals surface area contributed by atoms with Crippen molar-refractivity contribution < 1.29 is 4.74 Å². The Hall–Kier alpha value is -0.630. The summed E-state index contributed by atoms with van der Waals surface area (Å²) in [6, 6.07) is 0. The fourth-order valence-corrected chi connectivity index (χ4v) is 2.62. The van der Waals surface area contributed by atoms with E-state index in [0.29, 0.717) is 5.92 Å². The van der Waals surface area contributed by atoms with E-state index in [0.717, 1.165) is 16.4 Å². The number of nitrogen functional groups attached to an aromatic ring is 1. The van der Waals surface area contributed by atoms with Crippen molar-refractivity contribution in [3.8, 4) is 0 Å². The Bertz CT molecular complexity index is 474. The first-order chi connectivity index (χ1) is 8.02. The van der Waals surface area contributed by atoms with Crippen LogP contribution in [-0.2, 0) is 4.74 Å². The third-order valence-corrected chi connectivity index (χ3v) is 4.02. The molecule has 94 valence electrons. The zero-order valence-corrected chi connectivity index (χ0v) is 12.0. The second-order valence-corrected chi connectivity index (χ2v) is 5.58. The lowest BCUT2D eigenvalue weighted by atomic mass is 10.0. The van der Waals surface area contributed by atoms with E-state index in [-0.39, 0.29) is 23.8 Å². The molecular formula is C11H16IN3O2. The van der Waals surface area contributed by atoms with Gasteiger partial charge in [0.1, 0.15) is 12.0 Å². The Kier molecular flexibility index (Phi) is 3.72. The molecule has 17 heavy (non-hydrogen) atoms. The van der Waals surface area contributed by atoms with Gasteiger partial charge in [0.25, 0.3) is 0 Å². The van der Waals surface area contributed by atoms with Gasteiger partial charge in [0.2, 0.25) is 0 Å². The minimum Gasteiger partial charge on any atom is -0.383 e. The average Bonchev–Trinajstić information content (AvgIpc) is 2.65. The molecule has 0 aliphatic carbocycles. The molecule has 2 rings (SSSR count). The maximum Gasteiger partial charge on any atom is 0.351 e. The number of hydrogen-bond donors (Lipinski definition) is 1. The minimum atomic E-state index is -0.336. The van der Waals surface area contributed by atoms with Crippen molar-refractivity contribution in [2.24, 2.45) is 5.92 Å². The lowest BCUT2D eigenvalue weighted by Crippen LogP contribution is -2.28. The molecule has 0 amide bonds. The monoisotopic (exact) mass is 349 g/mol.